The fourth-order valence-electron chi connectivity index (χ4n) is 8.53. The van der Waals surface area contributed by atoms with Gasteiger partial charge in [0.25, 0.3) is 0 Å². The Morgan fingerprint density at radius 3 is 0.885 bits per heavy atom. The van der Waals surface area contributed by atoms with Crippen molar-refractivity contribution in [1.29, 1.82) is 5.26 Å². The van der Waals surface area contributed by atoms with Crippen LogP contribution in [0.2, 0.25) is 0 Å². The first-order valence-electron chi connectivity index (χ1n) is 20.6. The number of halogens is 5. The predicted molar refractivity (Wildman–Crippen MR) is 240 cm³/mol. The van der Waals surface area contributed by atoms with E-state index in [1.807, 2.05) is 81.9 Å². The van der Waals surface area contributed by atoms with Crippen molar-refractivity contribution in [1.82, 2.24) is 9.13 Å². The molecule has 0 aliphatic carbocycles. The maximum Gasteiger partial charge on any atom is 0.200 e. The molecule has 0 amide bonds. The quantitative estimate of drug-likeness (QED) is 0.0993. The number of nitrogens with zero attached hydrogens (tertiary/aromatic N) is 3. The molecule has 0 aliphatic heterocycles. The molecular formula is C53H50F5N3. The lowest BCUT2D eigenvalue weighted by atomic mass is 9.86. The SMILES string of the molecule is CC(C)(C)c1ccc2c3ccc(C(C)(C)C)cc3n(-c3cc(C#N)cc(-n4c5cc(C(C)(C)C)ccc5c5ccc(C(C)(C)C)cc54)c3-c3c(F)c(F)c(F)c(F)c3F)c2c1. The molecule has 0 aliphatic rings. The van der Waals surface area contributed by atoms with Crippen molar-refractivity contribution in [3.8, 4) is 28.6 Å². The third-order valence-electron chi connectivity index (χ3n) is 12.2. The van der Waals surface area contributed by atoms with E-state index < -0.39 is 34.6 Å². The summed E-state index contributed by atoms with van der Waals surface area (Å²) in [6.45, 7) is 24.9. The first-order chi connectivity index (χ1) is 28.3. The molecule has 8 rings (SSSR count). The van der Waals surface area contributed by atoms with Crippen LogP contribution in [0.1, 0.15) is 111 Å². The maximum atomic E-state index is 16.8. The van der Waals surface area contributed by atoms with E-state index in [1.54, 1.807) is 0 Å². The van der Waals surface area contributed by atoms with Gasteiger partial charge in [0.1, 0.15) is 0 Å². The Kier molecular flexibility index (Phi) is 9.44. The predicted octanol–water partition coefficient (Wildman–Crippen LogP) is 15.3. The fraction of sp³-hybridized carbons (Fsp3) is 0.302. The van der Waals surface area contributed by atoms with Gasteiger partial charge in [0.2, 0.25) is 5.82 Å². The van der Waals surface area contributed by atoms with E-state index >= 15 is 17.6 Å². The minimum absolute atomic E-state index is 0.0864. The summed E-state index contributed by atoms with van der Waals surface area (Å²) in [6, 6.07) is 29.5. The average Bonchev–Trinajstić information content (AvgIpc) is 3.69. The molecule has 8 heteroatoms. The molecule has 0 saturated carbocycles. The van der Waals surface area contributed by atoms with E-state index in [0.29, 0.717) is 22.1 Å². The van der Waals surface area contributed by atoms with Gasteiger partial charge in [-0.1, -0.05) is 132 Å². The van der Waals surface area contributed by atoms with Crippen LogP contribution >= 0.6 is 0 Å². The van der Waals surface area contributed by atoms with Gasteiger partial charge in [-0.25, -0.2) is 22.0 Å². The first-order valence-corrected chi connectivity index (χ1v) is 20.6. The molecule has 2 heterocycles. The van der Waals surface area contributed by atoms with Crippen molar-refractivity contribution >= 4 is 43.6 Å². The molecule has 6 aromatic carbocycles. The van der Waals surface area contributed by atoms with Gasteiger partial charge in [0, 0.05) is 27.1 Å². The smallest absolute Gasteiger partial charge is 0.200 e. The molecule has 61 heavy (non-hydrogen) atoms. The van der Waals surface area contributed by atoms with Crippen LogP contribution in [0, 0.1) is 40.4 Å². The number of nitriles is 1. The van der Waals surface area contributed by atoms with Crippen molar-refractivity contribution < 1.29 is 22.0 Å². The van der Waals surface area contributed by atoms with E-state index in [9.17, 15) is 9.65 Å². The number of hydrogen-bond donors (Lipinski definition) is 0. The molecule has 0 unspecified atom stereocenters. The van der Waals surface area contributed by atoms with Crippen LogP contribution in [0.5, 0.6) is 0 Å². The number of fused-ring (bicyclic) bond motifs is 6. The summed E-state index contributed by atoms with van der Waals surface area (Å²) in [6.07, 6.45) is 0. The summed E-state index contributed by atoms with van der Waals surface area (Å²) in [7, 11) is 0. The zero-order chi connectivity index (χ0) is 44.5. The topological polar surface area (TPSA) is 33.6 Å². The third-order valence-corrected chi connectivity index (χ3v) is 12.2. The molecule has 0 fully saturated rings. The van der Waals surface area contributed by atoms with E-state index in [0.717, 1.165) is 43.8 Å². The Morgan fingerprint density at radius 2 is 0.639 bits per heavy atom. The zero-order valence-corrected chi connectivity index (χ0v) is 36.8. The maximum absolute atomic E-state index is 16.8. The molecule has 8 aromatic rings. The molecule has 312 valence electrons. The molecule has 0 saturated heterocycles. The van der Waals surface area contributed by atoms with Crippen LogP contribution in [0.4, 0.5) is 22.0 Å². The van der Waals surface area contributed by atoms with Crippen molar-refractivity contribution in [2.24, 2.45) is 0 Å². The lowest BCUT2D eigenvalue weighted by Crippen LogP contribution is -2.13. The third kappa shape index (κ3) is 6.68. The Morgan fingerprint density at radius 1 is 0.377 bits per heavy atom. The molecule has 0 N–H and O–H groups in total. The Balaban J connectivity index is 1.69. The summed E-state index contributed by atoms with van der Waals surface area (Å²) in [5.41, 5.74) is 4.07. The van der Waals surface area contributed by atoms with Crippen LogP contribution in [0.3, 0.4) is 0 Å². The normalized spacial score (nSPS) is 13.0. The van der Waals surface area contributed by atoms with E-state index in [-0.39, 0.29) is 44.2 Å². The highest BCUT2D eigenvalue weighted by atomic mass is 19.2. The lowest BCUT2D eigenvalue weighted by molar-refractivity contribution is 0.381. The van der Waals surface area contributed by atoms with Crippen LogP contribution in [-0.4, -0.2) is 9.13 Å². The van der Waals surface area contributed by atoms with Crippen LogP contribution in [0.15, 0.2) is 84.9 Å². The van der Waals surface area contributed by atoms with Crippen molar-refractivity contribution in [3.63, 3.8) is 0 Å². The van der Waals surface area contributed by atoms with Gasteiger partial charge in [0.15, 0.2) is 23.3 Å². The summed E-state index contributed by atoms with van der Waals surface area (Å²) in [5, 5.41) is 14.1. The molecule has 2 aromatic heterocycles. The average molecular weight is 824 g/mol. The second-order valence-corrected chi connectivity index (χ2v) is 20.5. The largest absolute Gasteiger partial charge is 0.308 e. The summed E-state index contributed by atoms with van der Waals surface area (Å²) < 4.78 is 83.8. The van der Waals surface area contributed by atoms with Crippen LogP contribution in [-0.2, 0) is 21.7 Å². The number of hydrogen-bond acceptors (Lipinski definition) is 1. The molecule has 0 bridgehead atoms. The van der Waals surface area contributed by atoms with Crippen molar-refractivity contribution in [2.75, 3.05) is 0 Å². The summed E-state index contributed by atoms with van der Waals surface area (Å²) in [4.78, 5) is 0. The van der Waals surface area contributed by atoms with E-state index in [4.69, 9.17) is 0 Å². The monoisotopic (exact) mass is 823 g/mol. The van der Waals surface area contributed by atoms with E-state index in [1.165, 1.54) is 12.1 Å². The van der Waals surface area contributed by atoms with Crippen LogP contribution < -0.4 is 0 Å². The molecule has 3 nitrogen and oxygen atoms in total. The highest BCUT2D eigenvalue weighted by Gasteiger charge is 2.33. The number of rotatable bonds is 3. The molecule has 0 radical (unpaired) electrons. The van der Waals surface area contributed by atoms with Gasteiger partial charge in [-0.2, -0.15) is 5.26 Å². The minimum atomic E-state index is -2.25. The van der Waals surface area contributed by atoms with Gasteiger partial charge in [-0.15, -0.1) is 0 Å². The molecule has 0 atom stereocenters. The van der Waals surface area contributed by atoms with Gasteiger partial charge >= 0.3 is 0 Å². The van der Waals surface area contributed by atoms with Gasteiger partial charge in [0.05, 0.1) is 50.6 Å². The van der Waals surface area contributed by atoms with Gasteiger partial charge in [-0.05, 0) is 80.3 Å². The first kappa shape index (κ1) is 41.8. The second kappa shape index (κ2) is 13.8. The van der Waals surface area contributed by atoms with E-state index in [2.05, 4.69) is 89.2 Å². The fourth-order valence-corrected chi connectivity index (χ4v) is 8.53. The van der Waals surface area contributed by atoms with Crippen molar-refractivity contribution in [3.05, 3.63) is 142 Å². The van der Waals surface area contributed by atoms with Gasteiger partial charge in [-0.3, -0.25) is 0 Å². The Hall–Kier alpha value is -5.94. The lowest BCUT2D eigenvalue weighted by Gasteiger charge is -2.24. The van der Waals surface area contributed by atoms with Crippen LogP contribution in [0.25, 0.3) is 66.1 Å². The Bertz CT molecular complexity index is 2840. The summed E-state index contributed by atoms with van der Waals surface area (Å²) in [5.74, 6) is -10.3. The standard InChI is InChI=1S/C53H50F5N3/c1-50(2,3)29-13-17-33-34-18-14-30(51(4,5)6)24-38(34)60(37(33)23-29)41-21-28(27-59)22-42(43(41)44-45(54)47(56)49(58)48(57)46(44)55)61-39-25-31(52(7,8)9)15-19-35(39)36-20-16-32(26-40(36)61)53(10,11)12/h13-26H,1-12H3. The minimum Gasteiger partial charge on any atom is -0.308 e. The summed E-state index contributed by atoms with van der Waals surface area (Å²) >= 11 is 0. The molecular weight excluding hydrogens is 774 g/mol. The van der Waals surface area contributed by atoms with Crippen molar-refractivity contribution in [2.45, 2.75) is 105 Å². The highest BCUT2D eigenvalue weighted by Crippen LogP contribution is 2.47. The number of aromatic nitrogens is 2. The Labute approximate surface area is 354 Å². The van der Waals surface area contributed by atoms with Gasteiger partial charge < -0.3 is 9.13 Å². The highest BCUT2D eigenvalue weighted by molar-refractivity contribution is 6.12. The molecule has 0 spiro atoms. The zero-order valence-electron chi connectivity index (χ0n) is 36.8. The second-order valence-electron chi connectivity index (χ2n) is 20.5. The number of benzene rings is 6.